The van der Waals surface area contributed by atoms with Gasteiger partial charge in [0.1, 0.15) is 0 Å². The van der Waals surface area contributed by atoms with Gasteiger partial charge in [0.15, 0.2) is 0 Å². The Balaban J connectivity index is 1.70. The first-order chi connectivity index (χ1) is 14.8. The molecule has 2 heterocycles. The molecule has 3 N–H and O–H groups in total. The van der Waals surface area contributed by atoms with Crippen LogP contribution in [0.5, 0.6) is 0 Å². The minimum absolute atomic E-state index is 0.206. The quantitative estimate of drug-likeness (QED) is 0.569. The second-order valence-corrected chi connectivity index (χ2v) is 10.1. The maximum absolute atomic E-state index is 12.5. The fourth-order valence-corrected chi connectivity index (χ4v) is 4.96. The number of benzene rings is 2. The van der Waals surface area contributed by atoms with E-state index >= 15 is 0 Å². The molecule has 0 aromatic heterocycles. The third-order valence-electron chi connectivity index (χ3n) is 4.69. The summed E-state index contributed by atoms with van der Waals surface area (Å²) in [4.78, 5) is 14.4. The molecule has 160 valence electrons. The number of amides is 1. The van der Waals surface area contributed by atoms with Crippen molar-refractivity contribution in [1.82, 2.24) is 5.43 Å². The Morgan fingerprint density at radius 3 is 2.55 bits per heavy atom. The van der Waals surface area contributed by atoms with Crippen molar-refractivity contribution < 1.29 is 13.2 Å². The SMILES string of the molecule is CCCC1=NNC(=O)C1=C1C=C(Sc2ccc(NS(C)(=O)=O)cc2)c2ccccc2N1. The lowest BCUT2D eigenvalue weighted by Gasteiger charge is -2.22. The summed E-state index contributed by atoms with van der Waals surface area (Å²) in [5.41, 5.74) is 7.08. The number of carbonyl (C=O) groups is 1. The van der Waals surface area contributed by atoms with Gasteiger partial charge in [0.2, 0.25) is 10.0 Å². The van der Waals surface area contributed by atoms with Gasteiger partial charge in [-0.15, -0.1) is 0 Å². The second-order valence-electron chi connectivity index (χ2n) is 7.22. The topological polar surface area (TPSA) is 99.7 Å². The Labute approximate surface area is 185 Å². The Bertz CT molecular complexity index is 1230. The molecule has 2 aromatic carbocycles. The minimum atomic E-state index is -3.32. The van der Waals surface area contributed by atoms with Crippen LogP contribution in [-0.2, 0) is 14.8 Å². The number of thioether (sulfide) groups is 1. The first-order valence-corrected chi connectivity index (χ1v) is 12.5. The normalized spacial score (nSPS) is 17.9. The van der Waals surface area contributed by atoms with E-state index in [0.29, 0.717) is 17.7 Å². The number of allylic oxidation sites excluding steroid dienone is 1. The second kappa shape index (κ2) is 8.60. The Hall–Kier alpha value is -3.04. The van der Waals surface area contributed by atoms with Crippen LogP contribution in [0.25, 0.3) is 4.91 Å². The molecule has 0 unspecified atom stereocenters. The van der Waals surface area contributed by atoms with Gasteiger partial charge in [-0.3, -0.25) is 9.52 Å². The van der Waals surface area contributed by atoms with E-state index in [-0.39, 0.29) is 5.91 Å². The summed E-state index contributed by atoms with van der Waals surface area (Å²) in [5.74, 6) is -0.206. The number of anilines is 2. The molecule has 2 aliphatic heterocycles. The monoisotopic (exact) mass is 454 g/mol. The number of hydrogen-bond donors (Lipinski definition) is 3. The van der Waals surface area contributed by atoms with E-state index in [2.05, 4.69) is 27.5 Å². The summed E-state index contributed by atoms with van der Waals surface area (Å²) in [5, 5.41) is 7.57. The van der Waals surface area contributed by atoms with Crippen LogP contribution in [0, 0.1) is 0 Å². The maximum Gasteiger partial charge on any atom is 0.275 e. The van der Waals surface area contributed by atoms with Gasteiger partial charge < -0.3 is 5.32 Å². The molecular weight excluding hydrogens is 432 g/mol. The molecule has 0 aliphatic carbocycles. The third kappa shape index (κ3) is 4.83. The van der Waals surface area contributed by atoms with Gasteiger partial charge in [0.05, 0.1) is 23.2 Å². The van der Waals surface area contributed by atoms with Gasteiger partial charge in [-0.25, -0.2) is 13.8 Å². The van der Waals surface area contributed by atoms with E-state index < -0.39 is 10.0 Å². The Morgan fingerprint density at radius 1 is 1.10 bits per heavy atom. The van der Waals surface area contributed by atoms with Crippen LogP contribution in [0.3, 0.4) is 0 Å². The Kier molecular flexibility index (Phi) is 5.88. The zero-order valence-electron chi connectivity index (χ0n) is 17.1. The smallest absolute Gasteiger partial charge is 0.275 e. The number of hydrazone groups is 1. The lowest BCUT2D eigenvalue weighted by Crippen LogP contribution is -2.19. The van der Waals surface area contributed by atoms with Crippen molar-refractivity contribution in [2.75, 3.05) is 16.3 Å². The number of sulfonamides is 1. The van der Waals surface area contributed by atoms with Gasteiger partial charge in [-0.05, 0) is 42.8 Å². The minimum Gasteiger partial charge on any atom is -0.354 e. The third-order valence-corrected chi connectivity index (χ3v) is 6.36. The highest BCUT2D eigenvalue weighted by atomic mass is 32.2. The van der Waals surface area contributed by atoms with Crippen molar-refractivity contribution >= 4 is 49.7 Å². The number of nitrogens with zero attached hydrogens (tertiary/aromatic N) is 1. The molecule has 9 heteroatoms. The lowest BCUT2D eigenvalue weighted by molar-refractivity contribution is -0.116. The van der Waals surface area contributed by atoms with E-state index in [1.807, 2.05) is 42.5 Å². The summed E-state index contributed by atoms with van der Waals surface area (Å²) in [6, 6.07) is 15.1. The van der Waals surface area contributed by atoms with Crippen LogP contribution in [0.4, 0.5) is 11.4 Å². The number of nitrogens with one attached hydrogen (secondary N) is 3. The molecule has 7 nitrogen and oxygen atoms in total. The number of carbonyl (C=O) groups excluding carboxylic acids is 1. The van der Waals surface area contributed by atoms with E-state index in [1.165, 1.54) is 0 Å². The van der Waals surface area contributed by atoms with Gasteiger partial charge in [-0.2, -0.15) is 5.10 Å². The highest BCUT2D eigenvalue weighted by Crippen LogP contribution is 2.42. The van der Waals surface area contributed by atoms with Gasteiger partial charge in [0, 0.05) is 26.7 Å². The van der Waals surface area contributed by atoms with Crippen molar-refractivity contribution in [3.63, 3.8) is 0 Å². The van der Waals surface area contributed by atoms with Crippen LogP contribution in [-0.4, -0.2) is 26.3 Å². The van der Waals surface area contributed by atoms with Crippen LogP contribution >= 0.6 is 11.8 Å². The molecule has 0 atom stereocenters. The van der Waals surface area contributed by atoms with Gasteiger partial charge in [0.25, 0.3) is 5.91 Å². The summed E-state index contributed by atoms with van der Waals surface area (Å²) in [7, 11) is -3.32. The maximum atomic E-state index is 12.5. The standard InChI is InChI=1S/C22H22N4O3S2/c1-3-6-18-21(22(27)25-24-18)19-13-20(16-7-4-5-8-17(16)23-19)30-15-11-9-14(10-12-15)26-31(2,28)29/h4-5,7-13,23,26H,3,6H2,1-2H3,(H,25,27). The average Bonchev–Trinajstić information content (AvgIpc) is 3.09. The molecule has 0 bridgehead atoms. The molecular formula is C22H22N4O3S2. The van der Waals surface area contributed by atoms with Crippen LogP contribution in [0.15, 0.2) is 75.9 Å². The number of hydrogen-bond acceptors (Lipinski definition) is 6. The predicted octanol–water partition coefficient (Wildman–Crippen LogP) is 4.16. The average molecular weight is 455 g/mol. The zero-order chi connectivity index (χ0) is 22.0. The van der Waals surface area contributed by atoms with Crippen LogP contribution in [0.1, 0.15) is 25.3 Å². The van der Waals surface area contributed by atoms with Crippen molar-refractivity contribution in [1.29, 1.82) is 0 Å². The van der Waals surface area contributed by atoms with Crippen LogP contribution < -0.4 is 15.5 Å². The molecule has 1 amide bonds. The lowest BCUT2D eigenvalue weighted by atomic mass is 10.0. The Morgan fingerprint density at radius 2 is 1.84 bits per heavy atom. The van der Waals surface area contributed by atoms with Crippen molar-refractivity contribution in [3.8, 4) is 0 Å². The van der Waals surface area contributed by atoms with Crippen molar-refractivity contribution in [2.45, 2.75) is 24.7 Å². The molecule has 0 fully saturated rings. The molecule has 2 aliphatic rings. The summed E-state index contributed by atoms with van der Waals surface area (Å²) in [6.45, 7) is 2.05. The first kappa shape index (κ1) is 21.2. The fourth-order valence-electron chi connectivity index (χ4n) is 3.40. The highest BCUT2D eigenvalue weighted by molar-refractivity contribution is 8.08. The zero-order valence-corrected chi connectivity index (χ0v) is 18.7. The summed E-state index contributed by atoms with van der Waals surface area (Å²) < 4.78 is 25.3. The van der Waals surface area contributed by atoms with Crippen LogP contribution in [0.2, 0.25) is 0 Å². The number of para-hydroxylation sites is 1. The summed E-state index contributed by atoms with van der Waals surface area (Å²) >= 11 is 1.55. The van der Waals surface area contributed by atoms with E-state index in [1.54, 1.807) is 23.9 Å². The first-order valence-electron chi connectivity index (χ1n) is 9.79. The predicted molar refractivity (Wildman–Crippen MR) is 126 cm³/mol. The van der Waals surface area contributed by atoms with Gasteiger partial charge >= 0.3 is 0 Å². The molecule has 0 radical (unpaired) electrons. The molecule has 0 spiro atoms. The van der Waals surface area contributed by atoms with Gasteiger partial charge in [-0.1, -0.05) is 43.3 Å². The van der Waals surface area contributed by atoms with E-state index in [0.717, 1.165) is 45.1 Å². The van der Waals surface area contributed by atoms with Crippen molar-refractivity contribution in [2.24, 2.45) is 5.10 Å². The fraction of sp³-hybridized carbons (Fsp3) is 0.182. The summed E-state index contributed by atoms with van der Waals surface area (Å²) in [6.07, 6.45) is 4.70. The molecule has 0 saturated carbocycles. The largest absolute Gasteiger partial charge is 0.354 e. The number of rotatable bonds is 6. The molecule has 4 rings (SSSR count). The van der Waals surface area contributed by atoms with E-state index in [4.69, 9.17) is 0 Å². The molecule has 0 saturated heterocycles. The number of fused-ring (bicyclic) bond motifs is 1. The van der Waals surface area contributed by atoms with E-state index in [9.17, 15) is 13.2 Å². The van der Waals surface area contributed by atoms with Crippen molar-refractivity contribution in [3.05, 3.63) is 71.4 Å². The highest BCUT2D eigenvalue weighted by Gasteiger charge is 2.28. The molecule has 2 aromatic rings. The molecule has 31 heavy (non-hydrogen) atoms.